The third-order valence-electron chi connectivity index (χ3n) is 4.72. The third kappa shape index (κ3) is 5.96. The summed E-state index contributed by atoms with van der Waals surface area (Å²) in [6.07, 6.45) is 0. The molecule has 0 saturated carbocycles. The highest BCUT2D eigenvalue weighted by Crippen LogP contribution is 2.28. The predicted octanol–water partition coefficient (Wildman–Crippen LogP) is 3.22. The van der Waals surface area contributed by atoms with Crippen LogP contribution in [0.5, 0.6) is 11.5 Å². The van der Waals surface area contributed by atoms with Gasteiger partial charge in [0.15, 0.2) is 11.5 Å². The first-order valence-electron chi connectivity index (χ1n) is 9.67. The molecule has 2 aromatic rings. The highest BCUT2D eigenvalue weighted by molar-refractivity contribution is 5.43. The van der Waals surface area contributed by atoms with Gasteiger partial charge in [0.25, 0.3) is 0 Å². The Kier molecular flexibility index (Phi) is 7.51. The standard InChI is InChI=1S/C22H30N2O3/c1-3-27-21-9-8-20(14-22(21)25-2)16-23-15-18-4-6-19(7-5-18)17-24-10-12-26-13-11-24/h4-9,14,23H,3,10-13,15-17H2,1-2H3. The number of hydrogen-bond donors (Lipinski definition) is 1. The topological polar surface area (TPSA) is 43.0 Å². The van der Waals surface area contributed by atoms with Gasteiger partial charge in [-0.25, -0.2) is 0 Å². The van der Waals surface area contributed by atoms with E-state index >= 15 is 0 Å². The third-order valence-corrected chi connectivity index (χ3v) is 4.72. The zero-order valence-corrected chi connectivity index (χ0v) is 16.4. The van der Waals surface area contributed by atoms with Crippen LogP contribution in [-0.4, -0.2) is 44.9 Å². The summed E-state index contributed by atoms with van der Waals surface area (Å²) in [4.78, 5) is 2.44. The first-order valence-corrected chi connectivity index (χ1v) is 9.67. The van der Waals surface area contributed by atoms with Gasteiger partial charge in [0.2, 0.25) is 0 Å². The quantitative estimate of drug-likeness (QED) is 0.734. The summed E-state index contributed by atoms with van der Waals surface area (Å²) in [6.45, 7) is 8.98. The molecule has 1 N–H and O–H groups in total. The second-order valence-corrected chi connectivity index (χ2v) is 6.73. The van der Waals surface area contributed by atoms with Gasteiger partial charge in [-0.15, -0.1) is 0 Å². The zero-order chi connectivity index (χ0) is 18.9. The lowest BCUT2D eigenvalue weighted by atomic mass is 10.1. The second-order valence-electron chi connectivity index (χ2n) is 6.73. The number of nitrogens with one attached hydrogen (secondary N) is 1. The van der Waals surface area contributed by atoms with Crippen molar-refractivity contribution in [1.82, 2.24) is 10.2 Å². The molecule has 2 aromatic carbocycles. The average molecular weight is 370 g/mol. The Morgan fingerprint density at radius 1 is 0.926 bits per heavy atom. The molecule has 5 nitrogen and oxygen atoms in total. The van der Waals surface area contributed by atoms with Gasteiger partial charge in [0.1, 0.15) is 0 Å². The molecule has 1 aliphatic rings. The van der Waals surface area contributed by atoms with E-state index in [-0.39, 0.29) is 0 Å². The number of rotatable bonds is 9. The first kappa shape index (κ1) is 19.7. The van der Waals surface area contributed by atoms with Crippen molar-refractivity contribution in [2.75, 3.05) is 40.0 Å². The average Bonchev–Trinajstić information content (AvgIpc) is 2.71. The molecule has 1 saturated heterocycles. The number of hydrogen-bond acceptors (Lipinski definition) is 5. The molecular formula is C22H30N2O3. The van der Waals surface area contributed by atoms with Crippen LogP contribution in [0.2, 0.25) is 0 Å². The van der Waals surface area contributed by atoms with Crippen molar-refractivity contribution in [2.45, 2.75) is 26.6 Å². The molecule has 0 bridgehead atoms. The van der Waals surface area contributed by atoms with Gasteiger partial charge in [-0.2, -0.15) is 0 Å². The van der Waals surface area contributed by atoms with Crippen LogP contribution in [0.3, 0.4) is 0 Å². The van der Waals surface area contributed by atoms with E-state index in [2.05, 4.69) is 40.5 Å². The van der Waals surface area contributed by atoms with Crippen molar-refractivity contribution in [1.29, 1.82) is 0 Å². The summed E-state index contributed by atoms with van der Waals surface area (Å²) in [5.41, 5.74) is 3.83. The summed E-state index contributed by atoms with van der Waals surface area (Å²) >= 11 is 0. The lowest BCUT2D eigenvalue weighted by Crippen LogP contribution is -2.35. The molecule has 1 aliphatic heterocycles. The van der Waals surface area contributed by atoms with E-state index in [4.69, 9.17) is 14.2 Å². The second kappa shape index (κ2) is 10.3. The molecule has 146 valence electrons. The van der Waals surface area contributed by atoms with Gasteiger partial charge in [-0.3, -0.25) is 4.90 Å². The Hall–Kier alpha value is -2.08. The maximum atomic E-state index is 5.57. The van der Waals surface area contributed by atoms with Gasteiger partial charge in [-0.05, 0) is 35.7 Å². The lowest BCUT2D eigenvalue weighted by molar-refractivity contribution is 0.0342. The van der Waals surface area contributed by atoms with E-state index < -0.39 is 0 Å². The van der Waals surface area contributed by atoms with Crippen molar-refractivity contribution < 1.29 is 14.2 Å². The fraction of sp³-hybridized carbons (Fsp3) is 0.455. The Morgan fingerprint density at radius 2 is 1.59 bits per heavy atom. The maximum Gasteiger partial charge on any atom is 0.161 e. The van der Waals surface area contributed by atoms with Crippen LogP contribution in [0.25, 0.3) is 0 Å². The van der Waals surface area contributed by atoms with Gasteiger partial charge in [0.05, 0.1) is 26.9 Å². The van der Waals surface area contributed by atoms with E-state index in [9.17, 15) is 0 Å². The van der Waals surface area contributed by atoms with E-state index in [1.54, 1.807) is 7.11 Å². The Bertz CT molecular complexity index is 697. The fourth-order valence-corrected chi connectivity index (χ4v) is 3.23. The summed E-state index contributed by atoms with van der Waals surface area (Å²) in [6, 6.07) is 15.0. The molecule has 5 heteroatoms. The largest absolute Gasteiger partial charge is 0.493 e. The van der Waals surface area contributed by atoms with Gasteiger partial charge in [-0.1, -0.05) is 30.3 Å². The smallest absolute Gasteiger partial charge is 0.161 e. The molecule has 0 atom stereocenters. The Labute approximate surface area is 162 Å². The number of morpholine rings is 1. The molecule has 1 fully saturated rings. The molecule has 0 aromatic heterocycles. The molecular weight excluding hydrogens is 340 g/mol. The highest BCUT2D eigenvalue weighted by atomic mass is 16.5. The molecule has 0 aliphatic carbocycles. The lowest BCUT2D eigenvalue weighted by Gasteiger charge is -2.26. The molecule has 0 spiro atoms. The van der Waals surface area contributed by atoms with Crippen LogP contribution in [0.15, 0.2) is 42.5 Å². The van der Waals surface area contributed by atoms with Crippen molar-refractivity contribution >= 4 is 0 Å². The molecule has 3 rings (SSSR count). The number of nitrogens with zero attached hydrogens (tertiary/aromatic N) is 1. The van der Waals surface area contributed by atoms with E-state index in [0.717, 1.165) is 57.4 Å². The highest BCUT2D eigenvalue weighted by Gasteiger charge is 2.10. The van der Waals surface area contributed by atoms with E-state index in [1.165, 1.54) is 16.7 Å². The van der Waals surface area contributed by atoms with Crippen LogP contribution >= 0.6 is 0 Å². The van der Waals surface area contributed by atoms with Crippen molar-refractivity contribution in [3.05, 3.63) is 59.2 Å². The number of benzene rings is 2. The summed E-state index contributed by atoms with van der Waals surface area (Å²) in [7, 11) is 1.67. The molecule has 0 radical (unpaired) electrons. The minimum Gasteiger partial charge on any atom is -0.493 e. The SMILES string of the molecule is CCOc1ccc(CNCc2ccc(CN3CCOCC3)cc2)cc1OC. The number of methoxy groups -OCH3 is 1. The Morgan fingerprint density at radius 3 is 2.30 bits per heavy atom. The first-order chi connectivity index (χ1) is 13.3. The minimum atomic E-state index is 0.634. The van der Waals surface area contributed by atoms with Crippen molar-refractivity contribution in [3.63, 3.8) is 0 Å². The van der Waals surface area contributed by atoms with Crippen LogP contribution in [0.4, 0.5) is 0 Å². The van der Waals surface area contributed by atoms with Gasteiger partial charge >= 0.3 is 0 Å². The van der Waals surface area contributed by atoms with Crippen LogP contribution in [-0.2, 0) is 24.4 Å². The molecule has 27 heavy (non-hydrogen) atoms. The zero-order valence-electron chi connectivity index (χ0n) is 16.4. The fourth-order valence-electron chi connectivity index (χ4n) is 3.23. The van der Waals surface area contributed by atoms with Crippen LogP contribution in [0.1, 0.15) is 23.6 Å². The Balaban J connectivity index is 1.47. The monoisotopic (exact) mass is 370 g/mol. The summed E-state index contributed by atoms with van der Waals surface area (Å²) < 4.78 is 16.4. The molecule has 1 heterocycles. The summed E-state index contributed by atoms with van der Waals surface area (Å²) in [5, 5.41) is 3.50. The van der Waals surface area contributed by atoms with Crippen LogP contribution in [0, 0.1) is 0 Å². The van der Waals surface area contributed by atoms with Gasteiger partial charge in [0, 0.05) is 32.7 Å². The van der Waals surface area contributed by atoms with Crippen molar-refractivity contribution in [3.8, 4) is 11.5 Å². The summed E-state index contributed by atoms with van der Waals surface area (Å²) in [5.74, 6) is 1.57. The maximum absolute atomic E-state index is 5.57. The normalized spacial score (nSPS) is 14.9. The minimum absolute atomic E-state index is 0.634. The molecule has 0 amide bonds. The predicted molar refractivity (Wildman–Crippen MR) is 107 cm³/mol. The van der Waals surface area contributed by atoms with E-state index in [0.29, 0.717) is 6.61 Å². The van der Waals surface area contributed by atoms with E-state index in [1.807, 2.05) is 19.1 Å². The van der Waals surface area contributed by atoms with Crippen molar-refractivity contribution in [2.24, 2.45) is 0 Å². The van der Waals surface area contributed by atoms with Gasteiger partial charge < -0.3 is 19.5 Å². The molecule has 0 unspecified atom stereocenters. The van der Waals surface area contributed by atoms with Crippen LogP contribution < -0.4 is 14.8 Å². The number of ether oxygens (including phenoxy) is 3.